The van der Waals surface area contributed by atoms with Crippen molar-refractivity contribution in [2.75, 3.05) is 11.4 Å². The fourth-order valence-electron chi connectivity index (χ4n) is 1.84. The Morgan fingerprint density at radius 3 is 2.47 bits per heavy atom. The summed E-state index contributed by atoms with van der Waals surface area (Å²) in [5.41, 5.74) is 1.71. The Labute approximate surface area is 111 Å². The highest BCUT2D eigenvalue weighted by molar-refractivity contribution is 7.92. The standard InChI is InChI=1S/C11H15N5O2S/c1-8-5-6-10(9(2)7-8)19(17,18)16(4)11-12-13-14-15(11)3/h5-7H,1-4H3. The number of benzene rings is 1. The van der Waals surface area contributed by atoms with Crippen LogP contribution in [0.3, 0.4) is 0 Å². The van der Waals surface area contributed by atoms with Crippen LogP contribution in [0.25, 0.3) is 0 Å². The first-order chi connectivity index (χ1) is 8.84. The minimum absolute atomic E-state index is 0.167. The summed E-state index contributed by atoms with van der Waals surface area (Å²) in [6.45, 7) is 3.68. The molecule has 1 heterocycles. The van der Waals surface area contributed by atoms with Crippen LogP contribution in [0, 0.1) is 13.8 Å². The number of aromatic nitrogens is 4. The highest BCUT2D eigenvalue weighted by Gasteiger charge is 2.26. The summed E-state index contributed by atoms with van der Waals surface area (Å²) in [6.07, 6.45) is 0. The SMILES string of the molecule is Cc1ccc(S(=O)(=O)N(C)c2nnnn2C)c(C)c1. The molecule has 1 aromatic heterocycles. The maximum atomic E-state index is 12.5. The molecule has 0 saturated carbocycles. The first-order valence-electron chi connectivity index (χ1n) is 5.62. The molecular weight excluding hydrogens is 266 g/mol. The van der Waals surface area contributed by atoms with E-state index in [9.17, 15) is 8.42 Å². The van der Waals surface area contributed by atoms with Gasteiger partial charge in [0.15, 0.2) is 0 Å². The molecule has 2 aromatic rings. The van der Waals surface area contributed by atoms with Crippen molar-refractivity contribution in [1.29, 1.82) is 0 Å². The van der Waals surface area contributed by atoms with Gasteiger partial charge in [0.1, 0.15) is 0 Å². The monoisotopic (exact) mass is 281 g/mol. The molecule has 0 spiro atoms. The van der Waals surface area contributed by atoms with E-state index in [0.29, 0.717) is 5.56 Å². The summed E-state index contributed by atoms with van der Waals surface area (Å²) in [5.74, 6) is 0.167. The smallest absolute Gasteiger partial charge is 0.236 e. The van der Waals surface area contributed by atoms with Gasteiger partial charge in [0.25, 0.3) is 16.0 Å². The molecule has 0 atom stereocenters. The Hall–Kier alpha value is -1.96. The van der Waals surface area contributed by atoms with Crippen molar-refractivity contribution in [3.05, 3.63) is 29.3 Å². The second-order valence-electron chi connectivity index (χ2n) is 4.34. The van der Waals surface area contributed by atoms with Crippen LogP contribution in [0.2, 0.25) is 0 Å². The van der Waals surface area contributed by atoms with Crippen molar-refractivity contribution in [3.63, 3.8) is 0 Å². The van der Waals surface area contributed by atoms with Crippen LogP contribution in [0.1, 0.15) is 11.1 Å². The van der Waals surface area contributed by atoms with Crippen molar-refractivity contribution in [2.45, 2.75) is 18.7 Å². The summed E-state index contributed by atoms with van der Waals surface area (Å²) in [7, 11) is -0.644. The van der Waals surface area contributed by atoms with Crippen LogP contribution in [0.4, 0.5) is 5.95 Å². The van der Waals surface area contributed by atoms with Gasteiger partial charge >= 0.3 is 0 Å². The Morgan fingerprint density at radius 2 is 1.95 bits per heavy atom. The number of anilines is 1. The summed E-state index contributed by atoms with van der Waals surface area (Å²) in [4.78, 5) is 0.253. The summed E-state index contributed by atoms with van der Waals surface area (Å²) < 4.78 is 27.4. The van der Waals surface area contributed by atoms with E-state index in [-0.39, 0.29) is 10.8 Å². The summed E-state index contributed by atoms with van der Waals surface area (Å²) in [5, 5.41) is 10.8. The molecule has 2 rings (SSSR count). The molecule has 0 fully saturated rings. The molecule has 1 aromatic carbocycles. The van der Waals surface area contributed by atoms with Crippen LogP contribution in [0.15, 0.2) is 23.1 Å². The molecule has 102 valence electrons. The van der Waals surface area contributed by atoms with Gasteiger partial charge < -0.3 is 0 Å². The van der Waals surface area contributed by atoms with E-state index in [0.717, 1.165) is 9.87 Å². The third kappa shape index (κ3) is 2.30. The fraction of sp³-hybridized carbons (Fsp3) is 0.364. The van der Waals surface area contributed by atoms with E-state index >= 15 is 0 Å². The second-order valence-corrected chi connectivity index (χ2v) is 6.28. The van der Waals surface area contributed by atoms with Gasteiger partial charge in [0.2, 0.25) is 0 Å². The normalized spacial score (nSPS) is 11.6. The van der Waals surface area contributed by atoms with Crippen LogP contribution in [-0.4, -0.2) is 35.7 Å². The van der Waals surface area contributed by atoms with E-state index < -0.39 is 10.0 Å². The average molecular weight is 281 g/mol. The number of sulfonamides is 1. The molecule has 0 saturated heterocycles. The van der Waals surface area contributed by atoms with Gasteiger partial charge in [-0.05, 0) is 35.9 Å². The van der Waals surface area contributed by atoms with Gasteiger partial charge in [-0.25, -0.2) is 17.4 Å². The minimum atomic E-state index is -3.66. The zero-order valence-corrected chi connectivity index (χ0v) is 12.0. The van der Waals surface area contributed by atoms with E-state index in [1.54, 1.807) is 26.1 Å². The number of rotatable bonds is 3. The van der Waals surface area contributed by atoms with Gasteiger partial charge in [-0.3, -0.25) is 0 Å². The minimum Gasteiger partial charge on any atom is -0.236 e. The van der Waals surface area contributed by atoms with E-state index in [1.165, 1.54) is 11.7 Å². The highest BCUT2D eigenvalue weighted by atomic mass is 32.2. The van der Waals surface area contributed by atoms with E-state index in [1.807, 2.05) is 13.0 Å². The molecule has 0 aliphatic heterocycles. The summed E-state index contributed by atoms with van der Waals surface area (Å²) in [6, 6.07) is 5.19. The van der Waals surface area contributed by atoms with Crippen molar-refractivity contribution in [3.8, 4) is 0 Å². The Kier molecular flexibility index (Phi) is 3.27. The second kappa shape index (κ2) is 4.61. The molecule has 0 bridgehead atoms. The number of tetrazole rings is 1. The Morgan fingerprint density at radius 1 is 1.26 bits per heavy atom. The van der Waals surface area contributed by atoms with Crippen LogP contribution in [-0.2, 0) is 17.1 Å². The summed E-state index contributed by atoms with van der Waals surface area (Å²) >= 11 is 0. The Balaban J connectivity index is 2.51. The lowest BCUT2D eigenvalue weighted by Crippen LogP contribution is -2.29. The zero-order chi connectivity index (χ0) is 14.2. The highest BCUT2D eigenvalue weighted by Crippen LogP contribution is 2.22. The van der Waals surface area contributed by atoms with Gasteiger partial charge in [0.05, 0.1) is 4.90 Å². The van der Waals surface area contributed by atoms with Gasteiger partial charge in [-0.15, -0.1) is 0 Å². The quantitative estimate of drug-likeness (QED) is 0.825. The van der Waals surface area contributed by atoms with Crippen molar-refractivity contribution >= 4 is 16.0 Å². The van der Waals surface area contributed by atoms with Gasteiger partial charge in [-0.2, -0.15) is 0 Å². The average Bonchev–Trinajstić information content (AvgIpc) is 2.73. The number of aryl methyl sites for hydroxylation is 3. The largest absolute Gasteiger partial charge is 0.266 e. The van der Waals surface area contributed by atoms with Gasteiger partial charge in [-0.1, -0.05) is 22.8 Å². The van der Waals surface area contributed by atoms with Crippen molar-refractivity contribution in [1.82, 2.24) is 20.2 Å². The van der Waals surface area contributed by atoms with E-state index in [4.69, 9.17) is 0 Å². The van der Waals surface area contributed by atoms with E-state index in [2.05, 4.69) is 15.5 Å². The molecule has 0 aliphatic rings. The van der Waals surface area contributed by atoms with Crippen LogP contribution < -0.4 is 4.31 Å². The molecule has 8 heteroatoms. The van der Waals surface area contributed by atoms with Crippen molar-refractivity contribution in [2.24, 2.45) is 7.05 Å². The molecule has 19 heavy (non-hydrogen) atoms. The first kappa shape index (κ1) is 13.5. The maximum absolute atomic E-state index is 12.5. The topological polar surface area (TPSA) is 81.0 Å². The molecule has 0 unspecified atom stereocenters. The molecule has 0 aliphatic carbocycles. The lowest BCUT2D eigenvalue weighted by molar-refractivity contribution is 0.591. The van der Waals surface area contributed by atoms with Gasteiger partial charge in [0, 0.05) is 14.1 Å². The molecule has 0 N–H and O–H groups in total. The lowest BCUT2D eigenvalue weighted by Gasteiger charge is -2.18. The predicted octanol–water partition coefficient (Wildman–Crippen LogP) is 0.652. The third-order valence-corrected chi connectivity index (χ3v) is 4.75. The third-order valence-electron chi connectivity index (χ3n) is 2.85. The molecule has 7 nitrogen and oxygen atoms in total. The molecule has 0 radical (unpaired) electrons. The van der Waals surface area contributed by atoms with Crippen molar-refractivity contribution < 1.29 is 8.42 Å². The van der Waals surface area contributed by atoms with Crippen LogP contribution in [0.5, 0.6) is 0 Å². The van der Waals surface area contributed by atoms with Crippen LogP contribution >= 0.6 is 0 Å². The Bertz CT molecular complexity index is 708. The first-order valence-corrected chi connectivity index (χ1v) is 7.06. The number of hydrogen-bond donors (Lipinski definition) is 0. The zero-order valence-electron chi connectivity index (χ0n) is 11.2. The number of nitrogens with zero attached hydrogens (tertiary/aromatic N) is 5. The molecule has 0 amide bonds. The number of hydrogen-bond acceptors (Lipinski definition) is 5. The maximum Gasteiger partial charge on any atom is 0.266 e. The molecular formula is C11H15N5O2S. The fourth-order valence-corrected chi connectivity index (χ4v) is 3.21. The predicted molar refractivity (Wildman–Crippen MR) is 70.3 cm³/mol. The lowest BCUT2D eigenvalue weighted by atomic mass is 10.2.